The first-order chi connectivity index (χ1) is 11.7. The van der Waals surface area contributed by atoms with Crippen molar-refractivity contribution in [1.82, 2.24) is 15.2 Å². The Morgan fingerprint density at radius 1 is 1.28 bits per heavy atom. The van der Waals surface area contributed by atoms with Crippen molar-refractivity contribution in [1.29, 1.82) is 0 Å². The predicted octanol–water partition coefficient (Wildman–Crippen LogP) is 1.52. The molecule has 1 heterocycles. The number of amides is 2. The van der Waals surface area contributed by atoms with Gasteiger partial charge in [0.1, 0.15) is 0 Å². The van der Waals surface area contributed by atoms with Gasteiger partial charge in [-0.05, 0) is 12.5 Å². The summed E-state index contributed by atoms with van der Waals surface area (Å²) in [5, 5.41) is 4.07. The molecule has 2 rings (SSSR count). The first-order valence-corrected chi connectivity index (χ1v) is 6.96. The van der Waals surface area contributed by atoms with Gasteiger partial charge in [-0.25, -0.2) is 5.06 Å². The van der Waals surface area contributed by atoms with E-state index in [9.17, 15) is 22.8 Å². The van der Waals surface area contributed by atoms with Gasteiger partial charge in [0.05, 0.1) is 13.2 Å². The van der Waals surface area contributed by atoms with Crippen molar-refractivity contribution in [2.24, 2.45) is 5.73 Å². The monoisotopic (exact) mass is 358 g/mol. The van der Waals surface area contributed by atoms with Gasteiger partial charge in [-0.2, -0.15) is 18.2 Å². The van der Waals surface area contributed by atoms with Crippen molar-refractivity contribution < 1.29 is 32.1 Å². The number of halogens is 3. The Hall–Kier alpha value is -2.95. The summed E-state index contributed by atoms with van der Waals surface area (Å²) >= 11 is 0. The molecule has 1 aromatic heterocycles. The molecule has 1 aromatic carbocycles. The Morgan fingerprint density at radius 2 is 1.92 bits per heavy atom. The van der Waals surface area contributed by atoms with Gasteiger partial charge in [0.25, 0.3) is 0 Å². The third-order valence-electron chi connectivity index (χ3n) is 2.93. The topological polar surface area (TPSA) is 112 Å². The predicted molar refractivity (Wildman–Crippen MR) is 76.1 cm³/mol. The van der Waals surface area contributed by atoms with Crippen molar-refractivity contribution in [3.63, 3.8) is 0 Å². The number of hydrogen-bond acceptors (Lipinski definition) is 6. The molecular weight excluding hydrogens is 345 g/mol. The highest BCUT2D eigenvalue weighted by atomic mass is 19.4. The summed E-state index contributed by atoms with van der Waals surface area (Å²) in [4.78, 5) is 30.9. The van der Waals surface area contributed by atoms with Gasteiger partial charge in [0.15, 0.2) is 0 Å². The molecule has 11 heteroatoms. The molecule has 0 aliphatic carbocycles. The van der Waals surface area contributed by atoms with Crippen LogP contribution in [0.2, 0.25) is 0 Å². The number of aromatic nitrogens is 2. The lowest BCUT2D eigenvalue weighted by Crippen LogP contribution is -2.39. The molecule has 0 atom stereocenters. The fraction of sp³-hybridized carbons (Fsp3) is 0.286. The number of alkyl halides is 3. The molecule has 2 aromatic rings. The highest BCUT2D eigenvalue weighted by Gasteiger charge is 2.38. The van der Waals surface area contributed by atoms with E-state index in [1.54, 1.807) is 6.92 Å². The Bertz CT molecular complexity index is 758. The van der Waals surface area contributed by atoms with Crippen LogP contribution in [0.1, 0.15) is 18.4 Å². The van der Waals surface area contributed by atoms with Gasteiger partial charge in [-0.3, -0.25) is 14.4 Å². The van der Waals surface area contributed by atoms with Crippen molar-refractivity contribution in [3.05, 3.63) is 35.7 Å². The van der Waals surface area contributed by atoms with Crippen LogP contribution in [-0.2, 0) is 27.1 Å². The number of carbonyl (C=O) groups excluding carboxylic acids is 2. The zero-order chi connectivity index (χ0) is 18.6. The lowest BCUT2D eigenvalue weighted by Gasteiger charge is -2.19. The Morgan fingerprint density at radius 3 is 2.40 bits per heavy atom. The number of hydroxylamine groups is 2. The Balaban J connectivity index is 2.15. The minimum absolute atomic E-state index is 0.0735. The molecule has 0 bridgehead atoms. The van der Waals surface area contributed by atoms with Crippen LogP contribution < -0.4 is 5.73 Å². The lowest BCUT2D eigenvalue weighted by atomic mass is 10.1. The first kappa shape index (κ1) is 18.4. The molecule has 25 heavy (non-hydrogen) atoms. The molecule has 2 amide bonds. The van der Waals surface area contributed by atoms with Gasteiger partial charge in [-0.1, -0.05) is 29.4 Å². The number of rotatable bonds is 5. The fourth-order valence-electron chi connectivity index (χ4n) is 1.84. The number of nitrogens with two attached hydrogens (primary N) is 1. The number of carbonyl (C=O) groups is 2. The summed E-state index contributed by atoms with van der Waals surface area (Å²) in [6, 6.07) is 5.91. The van der Waals surface area contributed by atoms with Crippen LogP contribution in [0, 0.1) is 0 Å². The Kier molecular flexibility index (Phi) is 5.37. The van der Waals surface area contributed by atoms with Crippen molar-refractivity contribution in [2.45, 2.75) is 19.6 Å². The van der Waals surface area contributed by atoms with E-state index in [1.165, 1.54) is 24.3 Å². The van der Waals surface area contributed by atoms with E-state index in [0.717, 1.165) is 5.06 Å². The maximum atomic E-state index is 12.5. The fourth-order valence-corrected chi connectivity index (χ4v) is 1.84. The second-order valence-corrected chi connectivity index (χ2v) is 4.74. The molecule has 134 valence electrons. The normalized spacial score (nSPS) is 11.4. The standard InChI is InChI=1S/C14H13F3N4O4/c1-2-24-21(12(23)10(18)22)7-8-3-5-9(6-4-8)11-19-13(25-20-11)14(15,16)17/h3-6H,2,7H2,1H3,(H2,18,22). The summed E-state index contributed by atoms with van der Waals surface area (Å²) in [6.07, 6.45) is -4.72. The molecule has 0 unspecified atom stereocenters. The minimum atomic E-state index is -4.72. The third-order valence-corrected chi connectivity index (χ3v) is 2.93. The molecule has 0 radical (unpaired) electrons. The quantitative estimate of drug-likeness (QED) is 0.641. The van der Waals surface area contributed by atoms with Crippen LogP contribution in [0.15, 0.2) is 28.8 Å². The summed E-state index contributed by atoms with van der Waals surface area (Å²) < 4.78 is 41.5. The van der Waals surface area contributed by atoms with Gasteiger partial charge in [0, 0.05) is 5.56 Å². The van der Waals surface area contributed by atoms with Crippen molar-refractivity contribution in [3.8, 4) is 11.4 Å². The number of benzene rings is 1. The second kappa shape index (κ2) is 7.30. The summed E-state index contributed by atoms with van der Waals surface area (Å²) in [5.41, 5.74) is 5.76. The third kappa shape index (κ3) is 4.53. The number of primary amides is 1. The van der Waals surface area contributed by atoms with E-state index in [0.29, 0.717) is 5.56 Å². The molecule has 0 saturated heterocycles. The zero-order valence-corrected chi connectivity index (χ0v) is 12.9. The van der Waals surface area contributed by atoms with Gasteiger partial charge < -0.3 is 10.3 Å². The molecule has 2 N–H and O–H groups in total. The van der Waals surface area contributed by atoms with Crippen LogP contribution in [0.4, 0.5) is 13.2 Å². The van der Waals surface area contributed by atoms with Crippen LogP contribution in [0.3, 0.4) is 0 Å². The maximum Gasteiger partial charge on any atom is 0.471 e. The first-order valence-electron chi connectivity index (χ1n) is 6.96. The van der Waals surface area contributed by atoms with Gasteiger partial charge in [0.2, 0.25) is 5.82 Å². The highest BCUT2D eigenvalue weighted by Crippen LogP contribution is 2.29. The number of nitrogens with zero attached hydrogens (tertiary/aromatic N) is 3. The summed E-state index contributed by atoms with van der Waals surface area (Å²) in [7, 11) is 0. The van der Waals surface area contributed by atoms with Crippen LogP contribution in [0.25, 0.3) is 11.4 Å². The van der Waals surface area contributed by atoms with Crippen molar-refractivity contribution in [2.75, 3.05) is 6.61 Å². The molecule has 0 fully saturated rings. The molecule has 8 nitrogen and oxygen atoms in total. The van der Waals surface area contributed by atoms with Gasteiger partial charge >= 0.3 is 23.9 Å². The SMILES string of the molecule is CCON(Cc1ccc(-c2noc(C(F)(F)F)n2)cc1)C(=O)C(N)=O. The molecule has 0 saturated carbocycles. The minimum Gasteiger partial charge on any atom is -0.361 e. The van der Waals surface area contributed by atoms with Crippen LogP contribution in [0.5, 0.6) is 0 Å². The molecule has 0 aliphatic heterocycles. The molecule has 0 aliphatic rings. The smallest absolute Gasteiger partial charge is 0.361 e. The maximum absolute atomic E-state index is 12.5. The van der Waals surface area contributed by atoms with E-state index < -0.39 is 23.9 Å². The van der Waals surface area contributed by atoms with E-state index >= 15 is 0 Å². The summed E-state index contributed by atoms with van der Waals surface area (Å²) in [6.45, 7) is 1.69. The highest BCUT2D eigenvalue weighted by molar-refractivity contribution is 6.34. The largest absolute Gasteiger partial charge is 0.471 e. The number of hydrogen-bond donors (Lipinski definition) is 1. The van der Waals surface area contributed by atoms with Crippen LogP contribution in [-0.4, -0.2) is 33.6 Å². The van der Waals surface area contributed by atoms with E-state index in [2.05, 4.69) is 14.7 Å². The summed E-state index contributed by atoms with van der Waals surface area (Å²) in [5.74, 6) is -3.86. The van der Waals surface area contributed by atoms with Gasteiger partial charge in [-0.15, -0.1) is 0 Å². The van der Waals surface area contributed by atoms with Crippen LogP contribution >= 0.6 is 0 Å². The van der Waals surface area contributed by atoms with E-state index in [-0.39, 0.29) is 24.5 Å². The average Bonchev–Trinajstić information content (AvgIpc) is 3.04. The lowest BCUT2D eigenvalue weighted by molar-refractivity contribution is -0.189. The van der Waals surface area contributed by atoms with E-state index in [1.807, 2.05) is 0 Å². The van der Waals surface area contributed by atoms with E-state index in [4.69, 9.17) is 10.6 Å². The second-order valence-electron chi connectivity index (χ2n) is 4.74. The average molecular weight is 358 g/mol. The molecule has 0 spiro atoms. The molecular formula is C14H13F3N4O4. The van der Waals surface area contributed by atoms with Crippen molar-refractivity contribution >= 4 is 11.8 Å². The zero-order valence-electron chi connectivity index (χ0n) is 12.9. The Labute approximate surface area is 139 Å².